The van der Waals surface area contributed by atoms with E-state index in [2.05, 4.69) is 10.3 Å². The van der Waals surface area contributed by atoms with Crippen LogP contribution in [-0.2, 0) is 7.05 Å². The summed E-state index contributed by atoms with van der Waals surface area (Å²) < 4.78 is 1.65. The van der Waals surface area contributed by atoms with Crippen LogP contribution in [0.2, 0.25) is 0 Å². The van der Waals surface area contributed by atoms with Crippen LogP contribution in [0, 0.1) is 0 Å². The third kappa shape index (κ3) is 2.03. The van der Waals surface area contributed by atoms with Gasteiger partial charge in [-0.1, -0.05) is 6.07 Å². The fourth-order valence-corrected chi connectivity index (χ4v) is 1.39. The number of aryl methyl sites for hydroxylation is 1. The lowest BCUT2D eigenvalue weighted by atomic mass is 10.3. The molecule has 1 heterocycles. The van der Waals surface area contributed by atoms with Gasteiger partial charge in [-0.15, -0.1) is 0 Å². The zero-order chi connectivity index (χ0) is 11.5. The Bertz CT molecular complexity index is 518. The molecule has 0 fully saturated rings. The summed E-state index contributed by atoms with van der Waals surface area (Å²) in [5.41, 5.74) is 7.40. The van der Waals surface area contributed by atoms with E-state index < -0.39 is 0 Å². The molecular weight excluding hydrogens is 204 g/mol. The van der Waals surface area contributed by atoms with Crippen molar-refractivity contribution < 1.29 is 4.79 Å². The summed E-state index contributed by atoms with van der Waals surface area (Å²) in [6.45, 7) is 0. The highest BCUT2D eigenvalue weighted by Crippen LogP contribution is 2.12. The van der Waals surface area contributed by atoms with Crippen LogP contribution >= 0.6 is 0 Å². The van der Waals surface area contributed by atoms with E-state index in [1.165, 1.54) is 6.20 Å². The van der Waals surface area contributed by atoms with Gasteiger partial charge in [0.2, 0.25) is 0 Å². The number of nitrogens with two attached hydrogens (primary N) is 1. The lowest BCUT2D eigenvalue weighted by molar-refractivity contribution is 0.101. The van der Waals surface area contributed by atoms with Crippen LogP contribution in [0.1, 0.15) is 10.5 Å². The molecule has 1 aromatic heterocycles. The van der Waals surface area contributed by atoms with Gasteiger partial charge >= 0.3 is 0 Å². The van der Waals surface area contributed by atoms with Gasteiger partial charge in [0, 0.05) is 18.4 Å². The molecule has 2 aromatic rings. The summed E-state index contributed by atoms with van der Waals surface area (Å²) in [7, 11) is 1.77. The van der Waals surface area contributed by atoms with Gasteiger partial charge in [0.15, 0.2) is 0 Å². The van der Waals surface area contributed by atoms with E-state index in [-0.39, 0.29) is 5.91 Å². The van der Waals surface area contributed by atoms with Gasteiger partial charge in [-0.2, -0.15) is 0 Å². The monoisotopic (exact) mass is 216 g/mol. The maximum Gasteiger partial charge on any atom is 0.273 e. The molecule has 0 aliphatic heterocycles. The number of nitrogens with one attached hydrogen (secondary N) is 1. The minimum Gasteiger partial charge on any atom is -0.399 e. The Morgan fingerprint density at radius 1 is 1.50 bits per heavy atom. The molecule has 0 unspecified atom stereocenters. The Kier molecular flexibility index (Phi) is 2.59. The van der Waals surface area contributed by atoms with Gasteiger partial charge in [0.05, 0.1) is 12.5 Å². The average Bonchev–Trinajstić information content (AvgIpc) is 2.64. The SMILES string of the molecule is Cn1cncc1C(=O)Nc1cccc(N)c1. The smallest absolute Gasteiger partial charge is 0.273 e. The predicted octanol–water partition coefficient (Wildman–Crippen LogP) is 1.25. The number of aromatic nitrogens is 2. The number of rotatable bonds is 2. The first-order valence-electron chi connectivity index (χ1n) is 4.80. The summed E-state index contributed by atoms with van der Waals surface area (Å²) >= 11 is 0. The molecule has 0 spiro atoms. The third-order valence-electron chi connectivity index (χ3n) is 2.19. The molecule has 1 aromatic carbocycles. The van der Waals surface area contributed by atoms with Crippen molar-refractivity contribution in [3.05, 3.63) is 42.5 Å². The second-order valence-electron chi connectivity index (χ2n) is 3.47. The van der Waals surface area contributed by atoms with E-state index >= 15 is 0 Å². The molecule has 0 aliphatic carbocycles. The number of anilines is 2. The zero-order valence-electron chi connectivity index (χ0n) is 8.84. The van der Waals surface area contributed by atoms with Gasteiger partial charge < -0.3 is 15.6 Å². The number of imidazole rings is 1. The van der Waals surface area contributed by atoms with Gasteiger partial charge in [0.1, 0.15) is 5.69 Å². The minimum atomic E-state index is -0.203. The van der Waals surface area contributed by atoms with Crippen molar-refractivity contribution in [3.63, 3.8) is 0 Å². The van der Waals surface area contributed by atoms with E-state index in [4.69, 9.17) is 5.73 Å². The Labute approximate surface area is 92.9 Å². The van der Waals surface area contributed by atoms with Crippen molar-refractivity contribution in [2.45, 2.75) is 0 Å². The fourth-order valence-electron chi connectivity index (χ4n) is 1.39. The molecule has 0 saturated heterocycles. The molecule has 2 rings (SSSR count). The van der Waals surface area contributed by atoms with Crippen molar-refractivity contribution in [1.29, 1.82) is 0 Å². The quantitative estimate of drug-likeness (QED) is 0.742. The second kappa shape index (κ2) is 4.06. The predicted molar refractivity (Wildman–Crippen MR) is 62.0 cm³/mol. The summed E-state index contributed by atoms with van der Waals surface area (Å²) in [4.78, 5) is 15.7. The van der Waals surface area contributed by atoms with Gasteiger partial charge in [-0.25, -0.2) is 4.98 Å². The zero-order valence-corrected chi connectivity index (χ0v) is 8.84. The van der Waals surface area contributed by atoms with E-state index in [9.17, 15) is 4.79 Å². The lowest BCUT2D eigenvalue weighted by Crippen LogP contribution is -2.15. The highest BCUT2D eigenvalue weighted by Gasteiger charge is 2.09. The van der Waals surface area contributed by atoms with Crippen molar-refractivity contribution in [3.8, 4) is 0 Å². The van der Waals surface area contributed by atoms with Crippen LogP contribution in [0.3, 0.4) is 0 Å². The first-order chi connectivity index (χ1) is 7.66. The largest absolute Gasteiger partial charge is 0.399 e. The number of hydrogen-bond donors (Lipinski definition) is 2. The van der Waals surface area contributed by atoms with Crippen LogP contribution in [0.15, 0.2) is 36.8 Å². The number of nitrogen functional groups attached to an aromatic ring is 1. The van der Waals surface area contributed by atoms with Crippen molar-refractivity contribution in [2.24, 2.45) is 7.05 Å². The number of carbonyl (C=O) groups is 1. The van der Waals surface area contributed by atoms with Crippen molar-refractivity contribution >= 4 is 17.3 Å². The molecule has 1 amide bonds. The maximum absolute atomic E-state index is 11.8. The van der Waals surface area contributed by atoms with E-state index in [1.54, 1.807) is 42.2 Å². The number of nitrogens with zero attached hydrogens (tertiary/aromatic N) is 2. The number of carbonyl (C=O) groups excluding carboxylic acids is 1. The molecule has 16 heavy (non-hydrogen) atoms. The number of hydrogen-bond acceptors (Lipinski definition) is 3. The summed E-state index contributed by atoms with van der Waals surface area (Å²) in [5, 5.41) is 2.75. The normalized spacial score (nSPS) is 10.1. The first-order valence-corrected chi connectivity index (χ1v) is 4.80. The van der Waals surface area contributed by atoms with Crippen LogP contribution in [0.25, 0.3) is 0 Å². The van der Waals surface area contributed by atoms with E-state index in [0.717, 1.165) is 0 Å². The molecule has 5 nitrogen and oxygen atoms in total. The van der Waals surface area contributed by atoms with E-state index in [0.29, 0.717) is 17.1 Å². The Morgan fingerprint density at radius 2 is 2.31 bits per heavy atom. The summed E-state index contributed by atoms with van der Waals surface area (Å²) in [5.74, 6) is -0.203. The lowest BCUT2D eigenvalue weighted by Gasteiger charge is -2.05. The molecule has 0 aliphatic rings. The maximum atomic E-state index is 11.8. The number of amides is 1. The Morgan fingerprint density at radius 3 is 2.94 bits per heavy atom. The van der Waals surface area contributed by atoms with Gasteiger partial charge in [-0.3, -0.25) is 4.79 Å². The summed E-state index contributed by atoms with van der Waals surface area (Å²) in [6, 6.07) is 7.03. The Hall–Kier alpha value is -2.30. The first kappa shape index (κ1) is 10.2. The van der Waals surface area contributed by atoms with Crippen LogP contribution < -0.4 is 11.1 Å². The fraction of sp³-hybridized carbons (Fsp3) is 0.0909. The molecule has 3 N–H and O–H groups in total. The van der Waals surface area contributed by atoms with Gasteiger partial charge in [-0.05, 0) is 18.2 Å². The molecule has 0 saturated carbocycles. The highest BCUT2D eigenvalue weighted by molar-refractivity contribution is 6.03. The number of benzene rings is 1. The molecule has 0 bridgehead atoms. The third-order valence-corrected chi connectivity index (χ3v) is 2.19. The minimum absolute atomic E-state index is 0.203. The van der Waals surface area contributed by atoms with Crippen LogP contribution in [-0.4, -0.2) is 15.5 Å². The second-order valence-corrected chi connectivity index (χ2v) is 3.47. The highest BCUT2D eigenvalue weighted by atomic mass is 16.1. The Balaban J connectivity index is 2.17. The topological polar surface area (TPSA) is 72.9 Å². The standard InChI is InChI=1S/C11H12N4O/c1-15-7-13-6-10(15)11(16)14-9-4-2-3-8(12)5-9/h2-7H,12H2,1H3,(H,14,16). The van der Waals surface area contributed by atoms with Crippen molar-refractivity contribution in [2.75, 3.05) is 11.1 Å². The average molecular weight is 216 g/mol. The molecule has 0 atom stereocenters. The molecular formula is C11H12N4O. The van der Waals surface area contributed by atoms with E-state index in [1.807, 2.05) is 0 Å². The molecule has 5 heteroatoms. The molecule has 0 radical (unpaired) electrons. The van der Waals surface area contributed by atoms with Crippen LogP contribution in [0.5, 0.6) is 0 Å². The summed E-state index contributed by atoms with van der Waals surface area (Å²) in [6.07, 6.45) is 3.09. The molecule has 82 valence electrons. The van der Waals surface area contributed by atoms with Gasteiger partial charge in [0.25, 0.3) is 5.91 Å². The van der Waals surface area contributed by atoms with Crippen LogP contribution in [0.4, 0.5) is 11.4 Å². The van der Waals surface area contributed by atoms with Crippen molar-refractivity contribution in [1.82, 2.24) is 9.55 Å².